The van der Waals surface area contributed by atoms with Crippen LogP contribution < -0.4 is 10.1 Å². The van der Waals surface area contributed by atoms with Crippen LogP contribution >= 0.6 is 0 Å². The first kappa shape index (κ1) is 18.1. The van der Waals surface area contributed by atoms with E-state index in [1.165, 1.54) is 0 Å². The fraction of sp³-hybridized carbons (Fsp3) is 0.273. The Balaban J connectivity index is 1.55. The number of methoxy groups -OCH3 is 1. The summed E-state index contributed by atoms with van der Waals surface area (Å²) in [6, 6.07) is 14.5. The lowest BCUT2D eigenvalue weighted by molar-refractivity contribution is -0.119. The van der Waals surface area contributed by atoms with Crippen molar-refractivity contribution in [2.75, 3.05) is 19.0 Å². The largest absolute Gasteiger partial charge is 0.497 e. The lowest BCUT2D eigenvalue weighted by Crippen LogP contribution is -2.43. The van der Waals surface area contributed by atoms with Crippen molar-refractivity contribution in [1.82, 2.24) is 9.47 Å². The number of amides is 2. The van der Waals surface area contributed by atoms with Crippen molar-refractivity contribution in [2.24, 2.45) is 7.05 Å². The van der Waals surface area contributed by atoms with Crippen molar-refractivity contribution in [2.45, 2.75) is 18.9 Å². The molecule has 4 rings (SSSR count). The summed E-state index contributed by atoms with van der Waals surface area (Å²) in [4.78, 5) is 27.8. The van der Waals surface area contributed by atoms with E-state index in [9.17, 15) is 9.59 Å². The van der Waals surface area contributed by atoms with Gasteiger partial charge in [0.25, 0.3) is 5.91 Å². The first-order chi connectivity index (χ1) is 13.6. The maximum atomic E-state index is 13.2. The van der Waals surface area contributed by atoms with Crippen molar-refractivity contribution in [3.8, 4) is 5.75 Å². The van der Waals surface area contributed by atoms with E-state index in [0.717, 1.165) is 23.1 Å². The second-order valence-electron chi connectivity index (χ2n) is 7.05. The third-order valence-electron chi connectivity index (χ3n) is 5.30. The molecular weight excluding hydrogens is 354 g/mol. The highest BCUT2D eigenvalue weighted by Crippen LogP contribution is 2.27. The molecule has 1 aliphatic rings. The van der Waals surface area contributed by atoms with Gasteiger partial charge in [0.05, 0.1) is 12.7 Å². The van der Waals surface area contributed by atoms with Gasteiger partial charge in [0.1, 0.15) is 11.8 Å². The van der Waals surface area contributed by atoms with Gasteiger partial charge in [-0.15, -0.1) is 0 Å². The maximum absolute atomic E-state index is 13.2. The Morgan fingerprint density at radius 1 is 1.11 bits per heavy atom. The minimum Gasteiger partial charge on any atom is -0.497 e. The lowest BCUT2D eigenvalue weighted by Gasteiger charge is -2.24. The third-order valence-corrected chi connectivity index (χ3v) is 5.30. The number of carbonyl (C=O) groups is 2. The molecule has 1 atom stereocenters. The molecule has 1 unspecified atom stereocenters. The number of nitrogens with zero attached hydrogens (tertiary/aromatic N) is 2. The number of aromatic nitrogens is 1. The summed E-state index contributed by atoms with van der Waals surface area (Å²) in [5, 5.41) is 3.83. The molecule has 1 saturated heterocycles. The zero-order chi connectivity index (χ0) is 19.7. The highest BCUT2D eigenvalue weighted by molar-refractivity contribution is 6.09. The van der Waals surface area contributed by atoms with E-state index in [2.05, 4.69) is 5.32 Å². The van der Waals surface area contributed by atoms with Crippen molar-refractivity contribution in [3.63, 3.8) is 0 Å². The normalized spacial score (nSPS) is 16.4. The zero-order valence-electron chi connectivity index (χ0n) is 16.0. The third kappa shape index (κ3) is 3.22. The van der Waals surface area contributed by atoms with Crippen molar-refractivity contribution in [3.05, 3.63) is 60.3 Å². The molecule has 1 aromatic heterocycles. The van der Waals surface area contributed by atoms with E-state index < -0.39 is 6.04 Å². The Bertz CT molecular complexity index is 1020. The van der Waals surface area contributed by atoms with Crippen LogP contribution in [-0.4, -0.2) is 41.0 Å². The van der Waals surface area contributed by atoms with Gasteiger partial charge < -0.3 is 19.5 Å². The van der Waals surface area contributed by atoms with Gasteiger partial charge in [0, 0.05) is 36.4 Å². The Morgan fingerprint density at radius 2 is 1.86 bits per heavy atom. The number of likely N-dealkylation sites (tertiary alicyclic amines) is 1. The molecule has 1 N–H and O–H groups in total. The van der Waals surface area contributed by atoms with E-state index >= 15 is 0 Å². The first-order valence-corrected chi connectivity index (χ1v) is 9.38. The minimum absolute atomic E-state index is 0.0934. The van der Waals surface area contributed by atoms with Gasteiger partial charge >= 0.3 is 0 Å². The van der Waals surface area contributed by atoms with Crippen LogP contribution in [0.4, 0.5) is 5.69 Å². The Kier molecular flexibility index (Phi) is 4.77. The van der Waals surface area contributed by atoms with Crippen LogP contribution in [0.1, 0.15) is 23.2 Å². The summed E-state index contributed by atoms with van der Waals surface area (Å²) >= 11 is 0. The summed E-state index contributed by atoms with van der Waals surface area (Å²) < 4.78 is 7.09. The molecule has 3 aromatic rings. The summed E-state index contributed by atoms with van der Waals surface area (Å²) in [7, 11) is 3.53. The Hall–Kier alpha value is -3.28. The second kappa shape index (κ2) is 7.38. The molecule has 0 saturated carbocycles. The molecule has 0 radical (unpaired) electrons. The lowest BCUT2D eigenvalue weighted by atomic mass is 10.1. The number of benzene rings is 2. The van der Waals surface area contributed by atoms with Gasteiger partial charge in [0.15, 0.2) is 0 Å². The second-order valence-corrected chi connectivity index (χ2v) is 7.05. The highest BCUT2D eigenvalue weighted by atomic mass is 16.5. The predicted octanol–water partition coefficient (Wildman–Crippen LogP) is 3.43. The predicted molar refractivity (Wildman–Crippen MR) is 109 cm³/mol. The van der Waals surface area contributed by atoms with Crippen LogP contribution in [0.3, 0.4) is 0 Å². The molecule has 2 heterocycles. The van der Waals surface area contributed by atoms with Crippen molar-refractivity contribution < 1.29 is 14.3 Å². The minimum atomic E-state index is -0.464. The van der Waals surface area contributed by atoms with E-state index in [-0.39, 0.29) is 11.8 Å². The van der Waals surface area contributed by atoms with Gasteiger partial charge in [-0.1, -0.05) is 18.2 Å². The van der Waals surface area contributed by atoms with Gasteiger partial charge in [0.2, 0.25) is 5.91 Å². The molecule has 1 aliphatic heterocycles. The van der Waals surface area contributed by atoms with Crippen LogP contribution in [-0.2, 0) is 11.8 Å². The fourth-order valence-corrected chi connectivity index (χ4v) is 3.85. The summed E-state index contributed by atoms with van der Waals surface area (Å²) in [6.07, 6.45) is 3.33. The number of ether oxygens (including phenoxy) is 1. The SMILES string of the molecule is COc1ccc(NC(=O)C2CCCN2C(=O)c2cn(C)c3ccccc23)cc1. The van der Waals surface area contributed by atoms with Gasteiger partial charge in [-0.25, -0.2) is 0 Å². The summed E-state index contributed by atoms with van der Waals surface area (Å²) in [5.41, 5.74) is 2.33. The van der Waals surface area contributed by atoms with Crippen LogP contribution in [0.25, 0.3) is 10.9 Å². The number of hydrogen-bond donors (Lipinski definition) is 1. The van der Waals surface area contributed by atoms with E-state index in [1.54, 1.807) is 36.3 Å². The molecular formula is C22H23N3O3. The number of rotatable bonds is 4. The zero-order valence-corrected chi connectivity index (χ0v) is 16.0. The average Bonchev–Trinajstić information content (AvgIpc) is 3.34. The van der Waals surface area contributed by atoms with Crippen LogP contribution in [0.15, 0.2) is 54.7 Å². The number of para-hydroxylation sites is 1. The van der Waals surface area contributed by atoms with Crippen LogP contribution in [0, 0.1) is 0 Å². The van der Waals surface area contributed by atoms with Crippen LogP contribution in [0.5, 0.6) is 5.75 Å². The molecule has 28 heavy (non-hydrogen) atoms. The quantitative estimate of drug-likeness (QED) is 0.758. The number of anilines is 1. The smallest absolute Gasteiger partial charge is 0.256 e. The van der Waals surface area contributed by atoms with Crippen LogP contribution in [0.2, 0.25) is 0 Å². The molecule has 0 spiro atoms. The molecule has 6 nitrogen and oxygen atoms in total. The number of hydrogen-bond acceptors (Lipinski definition) is 3. The molecule has 6 heteroatoms. The number of fused-ring (bicyclic) bond motifs is 1. The molecule has 0 bridgehead atoms. The monoisotopic (exact) mass is 377 g/mol. The maximum Gasteiger partial charge on any atom is 0.256 e. The van der Waals surface area contributed by atoms with Gasteiger partial charge in [-0.05, 0) is 43.2 Å². The molecule has 2 amide bonds. The van der Waals surface area contributed by atoms with E-state index in [1.807, 2.05) is 42.1 Å². The first-order valence-electron chi connectivity index (χ1n) is 9.38. The number of carbonyl (C=O) groups excluding carboxylic acids is 2. The van der Waals surface area contributed by atoms with Gasteiger partial charge in [-0.3, -0.25) is 9.59 Å². The molecule has 1 fully saturated rings. The number of nitrogens with one attached hydrogen (secondary N) is 1. The van der Waals surface area contributed by atoms with Crippen molar-refractivity contribution >= 4 is 28.4 Å². The highest BCUT2D eigenvalue weighted by Gasteiger charge is 2.35. The average molecular weight is 377 g/mol. The molecule has 144 valence electrons. The Labute approximate surface area is 163 Å². The Morgan fingerprint density at radius 3 is 2.61 bits per heavy atom. The summed E-state index contributed by atoms with van der Waals surface area (Å²) in [6.45, 7) is 0.586. The van der Waals surface area contributed by atoms with Crippen molar-refractivity contribution in [1.29, 1.82) is 0 Å². The topological polar surface area (TPSA) is 63.6 Å². The fourth-order valence-electron chi connectivity index (χ4n) is 3.85. The van der Waals surface area contributed by atoms with Gasteiger partial charge in [-0.2, -0.15) is 0 Å². The van der Waals surface area contributed by atoms with E-state index in [4.69, 9.17) is 4.74 Å². The molecule has 0 aliphatic carbocycles. The summed E-state index contributed by atoms with van der Waals surface area (Å²) in [5.74, 6) is 0.479. The number of aryl methyl sites for hydroxylation is 1. The van der Waals surface area contributed by atoms with E-state index in [0.29, 0.717) is 24.2 Å². The molecule has 2 aromatic carbocycles. The standard InChI is InChI=1S/C22H23N3O3/c1-24-14-18(17-6-3-4-7-19(17)24)22(27)25-13-5-8-20(25)21(26)23-15-9-11-16(28-2)12-10-15/h3-4,6-7,9-12,14,20H,5,8,13H2,1-2H3,(H,23,26).